The van der Waals surface area contributed by atoms with Crippen molar-refractivity contribution in [3.05, 3.63) is 131 Å². The second kappa shape index (κ2) is 15.8. The van der Waals surface area contributed by atoms with Gasteiger partial charge in [0.15, 0.2) is 0 Å². The van der Waals surface area contributed by atoms with E-state index in [2.05, 4.69) is 0 Å². The van der Waals surface area contributed by atoms with Gasteiger partial charge in [0.05, 0.1) is 33.8 Å². The summed E-state index contributed by atoms with van der Waals surface area (Å²) in [6.07, 6.45) is -0.868. The van der Waals surface area contributed by atoms with Gasteiger partial charge in [-0.3, -0.25) is 8.42 Å². The van der Waals surface area contributed by atoms with Crippen molar-refractivity contribution in [1.29, 1.82) is 0 Å². The van der Waals surface area contributed by atoms with Crippen LogP contribution < -0.4 is 0 Å². The summed E-state index contributed by atoms with van der Waals surface area (Å²) in [4.78, 5) is 0.961. The molecule has 4 nitrogen and oxygen atoms in total. The fourth-order valence-corrected chi connectivity index (χ4v) is 8.95. The van der Waals surface area contributed by atoms with E-state index in [1.54, 1.807) is 24.3 Å². The van der Waals surface area contributed by atoms with Gasteiger partial charge in [0.2, 0.25) is 0 Å². The first-order chi connectivity index (χ1) is 21.0. The van der Waals surface area contributed by atoms with Crippen LogP contribution in [-0.2, 0) is 34.4 Å². The third kappa shape index (κ3) is 8.68. The molecule has 0 aliphatic rings. The lowest BCUT2D eigenvalue weighted by molar-refractivity contribution is 0.124. The Hall–Kier alpha value is -2.32. The van der Waals surface area contributed by atoms with E-state index < -0.39 is 42.2 Å². The number of benzene rings is 4. The van der Waals surface area contributed by atoms with Gasteiger partial charge in [-0.15, -0.1) is 23.2 Å². The van der Waals surface area contributed by atoms with E-state index in [1.807, 2.05) is 98.8 Å². The maximum atomic E-state index is 14.1. The summed E-state index contributed by atoms with van der Waals surface area (Å²) < 4.78 is 25.0. The first-order valence-corrected chi connectivity index (χ1v) is 17.9. The van der Waals surface area contributed by atoms with E-state index >= 15 is 0 Å². The Morgan fingerprint density at radius 3 is 1.20 bits per heavy atom. The summed E-state index contributed by atoms with van der Waals surface area (Å²) in [5.41, 5.74) is 4.06. The number of aryl methyl sites for hydroxylation is 4. The Balaban J connectivity index is 1.65. The average Bonchev–Trinajstić information content (AvgIpc) is 3.05. The lowest BCUT2D eigenvalue weighted by atomic mass is 9.98. The predicted octanol–water partition coefficient (Wildman–Crippen LogP) is 7.86. The zero-order chi connectivity index (χ0) is 31.7. The second-order valence-electron chi connectivity index (χ2n) is 11.3. The molecule has 44 heavy (non-hydrogen) atoms. The summed E-state index contributed by atoms with van der Waals surface area (Å²) in [6, 6.07) is 33.9. The van der Waals surface area contributed by atoms with Crippen LogP contribution >= 0.6 is 23.2 Å². The largest absolute Gasteiger partial charge is 0.390 e. The maximum absolute atomic E-state index is 14.1. The van der Waals surface area contributed by atoms with Gasteiger partial charge < -0.3 is 10.2 Å². The first-order valence-electron chi connectivity index (χ1n) is 14.8. The van der Waals surface area contributed by atoms with E-state index in [1.165, 1.54) is 0 Å². The predicted molar refractivity (Wildman–Crippen MR) is 183 cm³/mol. The van der Waals surface area contributed by atoms with Crippen molar-refractivity contribution in [2.24, 2.45) is 0 Å². The van der Waals surface area contributed by atoms with Crippen LogP contribution in [0.1, 0.15) is 47.9 Å². The second-order valence-corrected chi connectivity index (χ2v) is 16.6. The van der Waals surface area contributed by atoms with E-state index in [9.17, 15) is 18.6 Å². The van der Waals surface area contributed by atoms with Crippen molar-refractivity contribution in [3.63, 3.8) is 0 Å². The molecule has 0 amide bonds. The summed E-state index contributed by atoms with van der Waals surface area (Å²) in [5, 5.41) is 23.2. The zero-order valence-corrected chi connectivity index (χ0v) is 28.2. The van der Waals surface area contributed by atoms with E-state index in [0.29, 0.717) is 22.6 Å². The van der Waals surface area contributed by atoms with Crippen molar-refractivity contribution in [2.45, 2.75) is 82.8 Å². The topological polar surface area (TPSA) is 74.6 Å². The van der Waals surface area contributed by atoms with Crippen LogP contribution in [0.25, 0.3) is 0 Å². The van der Waals surface area contributed by atoms with Crippen LogP contribution in [-0.4, -0.2) is 39.3 Å². The molecule has 8 heteroatoms. The van der Waals surface area contributed by atoms with Gasteiger partial charge in [-0.25, -0.2) is 0 Å². The smallest absolute Gasteiger partial charge is 0.150 e. The van der Waals surface area contributed by atoms with Gasteiger partial charge >= 0.3 is 0 Å². The van der Waals surface area contributed by atoms with E-state index in [0.717, 1.165) is 22.3 Å². The monoisotopic (exact) mass is 670 g/mol. The maximum Gasteiger partial charge on any atom is 0.150 e. The number of rotatable bonds is 15. The third-order valence-corrected chi connectivity index (χ3v) is 13.3. The average molecular weight is 672 g/mol. The molecule has 0 heterocycles. The van der Waals surface area contributed by atoms with Crippen molar-refractivity contribution < 1.29 is 18.6 Å². The molecule has 0 bridgehead atoms. The molecule has 6 atom stereocenters. The highest BCUT2D eigenvalue weighted by atomic mass is 35.5. The number of halogens is 2. The highest BCUT2D eigenvalue weighted by molar-refractivity contribution is 7.88. The van der Waals surface area contributed by atoms with Crippen molar-refractivity contribution in [3.8, 4) is 0 Å². The van der Waals surface area contributed by atoms with Gasteiger partial charge in [-0.1, -0.05) is 96.1 Å². The molecule has 2 N–H and O–H groups in total. The van der Waals surface area contributed by atoms with E-state index in [4.69, 9.17) is 23.2 Å². The standard InChI is InChI=1S/C36H40Cl2O4S2/c1-27-13-19-31(20-14-27)43(41)35(37,33(39)23-17-29-9-5-3-6-10-29)25-26-36(38,44(42)32-21-15-28(2)16-22-32)34(40)24-18-30-11-7-4-8-12-30/h3-16,19-22,33-34,39-40H,17-18,23-26H2,1-2H3. The normalized spacial score (nSPS) is 17.1. The van der Waals surface area contributed by atoms with Gasteiger partial charge in [0.1, 0.15) is 8.41 Å². The van der Waals surface area contributed by atoms with Crippen LogP contribution in [0.2, 0.25) is 0 Å². The molecule has 0 aliphatic carbocycles. The lowest BCUT2D eigenvalue weighted by Gasteiger charge is -2.37. The molecule has 0 aromatic heterocycles. The minimum Gasteiger partial charge on any atom is -0.390 e. The van der Waals surface area contributed by atoms with E-state index in [-0.39, 0.29) is 25.7 Å². The molecule has 0 radical (unpaired) electrons. The molecule has 4 aromatic rings. The van der Waals surface area contributed by atoms with Crippen LogP contribution in [0, 0.1) is 13.8 Å². The van der Waals surface area contributed by atoms with Crippen LogP contribution in [0.3, 0.4) is 0 Å². The fraction of sp³-hybridized carbons (Fsp3) is 0.333. The molecular weight excluding hydrogens is 631 g/mol. The number of aliphatic hydroxyl groups is 2. The summed E-state index contributed by atoms with van der Waals surface area (Å²) in [7, 11) is -3.70. The molecule has 6 unspecified atom stereocenters. The number of hydrogen-bond acceptors (Lipinski definition) is 4. The summed E-state index contributed by atoms with van der Waals surface area (Å²) in [6.45, 7) is 3.88. The molecule has 0 saturated carbocycles. The van der Waals surface area contributed by atoms with Crippen molar-refractivity contribution >= 4 is 44.8 Å². The minimum atomic E-state index is -1.85. The summed E-state index contributed by atoms with van der Waals surface area (Å²) >= 11 is 14.5. The van der Waals surface area contributed by atoms with Gasteiger partial charge in [0, 0.05) is 9.79 Å². The molecule has 0 spiro atoms. The van der Waals surface area contributed by atoms with Crippen LogP contribution in [0.4, 0.5) is 0 Å². The van der Waals surface area contributed by atoms with Gasteiger partial charge in [0.25, 0.3) is 0 Å². The van der Waals surface area contributed by atoms with Crippen LogP contribution in [0.15, 0.2) is 119 Å². The molecular formula is C36H40Cl2O4S2. The summed E-state index contributed by atoms with van der Waals surface area (Å²) in [5.74, 6) is 0. The quantitative estimate of drug-likeness (QED) is 0.126. The van der Waals surface area contributed by atoms with Gasteiger partial charge in [-0.05, 0) is 87.8 Å². The highest BCUT2D eigenvalue weighted by Crippen LogP contribution is 2.43. The fourth-order valence-electron chi connectivity index (χ4n) is 5.15. The molecule has 234 valence electrons. The Morgan fingerprint density at radius 1 is 0.568 bits per heavy atom. The molecule has 0 saturated heterocycles. The van der Waals surface area contributed by atoms with Crippen molar-refractivity contribution in [1.82, 2.24) is 0 Å². The molecule has 0 fully saturated rings. The number of alkyl halides is 2. The third-order valence-electron chi connectivity index (χ3n) is 7.99. The minimum absolute atomic E-state index is 0.0471. The Kier molecular flexibility index (Phi) is 12.4. The Labute approximate surface area is 276 Å². The Morgan fingerprint density at radius 2 is 0.886 bits per heavy atom. The highest BCUT2D eigenvalue weighted by Gasteiger charge is 2.49. The lowest BCUT2D eigenvalue weighted by Crippen LogP contribution is -2.47. The van der Waals surface area contributed by atoms with Gasteiger partial charge in [-0.2, -0.15) is 0 Å². The molecule has 0 aliphatic heterocycles. The van der Waals surface area contributed by atoms with Crippen LogP contribution in [0.5, 0.6) is 0 Å². The number of aliphatic hydroxyl groups excluding tert-OH is 2. The van der Waals surface area contributed by atoms with Crippen molar-refractivity contribution in [2.75, 3.05) is 0 Å². The Bertz CT molecular complexity index is 1400. The molecule has 4 rings (SSSR count). The SMILES string of the molecule is Cc1ccc(S(=O)C(Cl)(CCC(Cl)(C(O)CCc2ccccc2)S(=O)c2ccc(C)cc2)C(O)CCc2ccccc2)cc1. The molecule has 4 aromatic carbocycles. The number of hydrogen-bond donors (Lipinski definition) is 2. The first kappa shape index (κ1) is 34.6. The zero-order valence-electron chi connectivity index (χ0n) is 25.1.